The fraction of sp³-hybridized carbons (Fsp3) is 0.312. The number of nitrogens with one attached hydrogen (secondary N) is 2. The average molecular weight is 319 g/mol. The molecule has 0 spiro atoms. The van der Waals surface area contributed by atoms with Crippen molar-refractivity contribution in [2.24, 2.45) is 5.92 Å². The first-order valence-corrected chi connectivity index (χ1v) is 8.64. The molecular weight excluding hydrogens is 298 g/mol. The van der Waals surface area contributed by atoms with Crippen LogP contribution in [-0.4, -0.2) is 19.9 Å². The van der Waals surface area contributed by atoms with Crippen LogP contribution in [-0.2, 0) is 10.0 Å². The lowest BCUT2D eigenvalue weighted by Crippen LogP contribution is -2.14. The zero-order valence-corrected chi connectivity index (χ0v) is 13.8. The van der Waals surface area contributed by atoms with Crippen molar-refractivity contribution in [2.45, 2.75) is 25.7 Å². The van der Waals surface area contributed by atoms with Gasteiger partial charge in [0.2, 0.25) is 0 Å². The van der Waals surface area contributed by atoms with Crippen molar-refractivity contribution in [3.63, 3.8) is 0 Å². The van der Waals surface area contributed by atoms with Gasteiger partial charge in [0.05, 0.1) is 16.8 Å². The SMILES string of the molecule is Cc1ccc(S(=O)(=O)Nc2ccc(NCC(C)C)cn2)cc1. The van der Waals surface area contributed by atoms with Crippen LogP contribution in [0.2, 0.25) is 0 Å². The van der Waals surface area contributed by atoms with Gasteiger partial charge in [0.1, 0.15) is 5.82 Å². The van der Waals surface area contributed by atoms with Gasteiger partial charge in [0, 0.05) is 6.54 Å². The van der Waals surface area contributed by atoms with E-state index in [1.54, 1.807) is 36.5 Å². The number of rotatable bonds is 6. The Labute approximate surface area is 131 Å². The fourth-order valence-corrected chi connectivity index (χ4v) is 2.80. The minimum absolute atomic E-state index is 0.224. The number of aromatic nitrogens is 1. The molecule has 0 unspecified atom stereocenters. The molecule has 0 fully saturated rings. The van der Waals surface area contributed by atoms with Crippen LogP contribution in [0.15, 0.2) is 47.5 Å². The zero-order valence-electron chi connectivity index (χ0n) is 13.0. The van der Waals surface area contributed by atoms with Gasteiger partial charge in [-0.15, -0.1) is 0 Å². The predicted molar refractivity (Wildman–Crippen MR) is 89.6 cm³/mol. The third-order valence-corrected chi connectivity index (χ3v) is 4.42. The van der Waals surface area contributed by atoms with Crippen molar-refractivity contribution in [1.29, 1.82) is 0 Å². The number of pyridine rings is 1. The van der Waals surface area contributed by atoms with Crippen molar-refractivity contribution in [1.82, 2.24) is 4.98 Å². The van der Waals surface area contributed by atoms with E-state index in [0.29, 0.717) is 11.7 Å². The van der Waals surface area contributed by atoms with E-state index >= 15 is 0 Å². The molecule has 2 aromatic rings. The summed E-state index contributed by atoms with van der Waals surface area (Å²) in [4.78, 5) is 4.36. The summed E-state index contributed by atoms with van der Waals surface area (Å²) in [6.45, 7) is 6.99. The molecule has 5 nitrogen and oxygen atoms in total. The molecule has 0 aliphatic rings. The summed E-state index contributed by atoms with van der Waals surface area (Å²) in [5.41, 5.74) is 1.88. The van der Waals surface area contributed by atoms with Crippen molar-refractivity contribution in [3.05, 3.63) is 48.2 Å². The number of aryl methyl sites for hydroxylation is 1. The molecule has 2 rings (SSSR count). The summed E-state index contributed by atoms with van der Waals surface area (Å²) in [6.07, 6.45) is 1.62. The second kappa shape index (κ2) is 6.79. The number of hydrogen-bond donors (Lipinski definition) is 2. The van der Waals surface area contributed by atoms with E-state index in [1.165, 1.54) is 0 Å². The minimum atomic E-state index is -3.60. The van der Waals surface area contributed by atoms with Gasteiger partial charge in [0.25, 0.3) is 10.0 Å². The maximum absolute atomic E-state index is 12.2. The van der Waals surface area contributed by atoms with Gasteiger partial charge >= 0.3 is 0 Å². The Morgan fingerprint density at radius 1 is 1.09 bits per heavy atom. The van der Waals surface area contributed by atoms with Gasteiger partial charge in [-0.2, -0.15) is 0 Å². The lowest BCUT2D eigenvalue weighted by atomic mass is 10.2. The molecule has 0 aliphatic carbocycles. The lowest BCUT2D eigenvalue weighted by molar-refractivity contribution is 0.601. The van der Waals surface area contributed by atoms with Crippen molar-refractivity contribution < 1.29 is 8.42 Å². The highest BCUT2D eigenvalue weighted by Gasteiger charge is 2.14. The Morgan fingerprint density at radius 2 is 1.77 bits per heavy atom. The molecule has 0 saturated carbocycles. The summed E-state index contributed by atoms with van der Waals surface area (Å²) >= 11 is 0. The first-order chi connectivity index (χ1) is 10.4. The summed E-state index contributed by atoms with van der Waals surface area (Å²) in [5.74, 6) is 0.829. The Kier molecular flexibility index (Phi) is 5.03. The van der Waals surface area contributed by atoms with E-state index in [2.05, 4.69) is 28.9 Å². The fourth-order valence-electron chi connectivity index (χ4n) is 1.79. The molecule has 0 saturated heterocycles. The van der Waals surface area contributed by atoms with E-state index in [9.17, 15) is 8.42 Å². The highest BCUT2D eigenvalue weighted by atomic mass is 32.2. The molecule has 0 amide bonds. The number of anilines is 2. The van der Waals surface area contributed by atoms with Crippen LogP contribution in [0, 0.1) is 12.8 Å². The summed E-state index contributed by atoms with van der Waals surface area (Å²) in [5, 5.41) is 3.23. The Balaban J connectivity index is 2.08. The third kappa shape index (κ3) is 4.46. The normalized spacial score (nSPS) is 11.5. The second-order valence-electron chi connectivity index (χ2n) is 5.63. The number of hydrogen-bond acceptors (Lipinski definition) is 4. The molecule has 0 atom stereocenters. The topological polar surface area (TPSA) is 71.1 Å². The monoisotopic (exact) mass is 319 g/mol. The number of nitrogens with zero attached hydrogens (tertiary/aromatic N) is 1. The van der Waals surface area contributed by atoms with Gasteiger partial charge in [0.15, 0.2) is 0 Å². The molecule has 0 aliphatic heterocycles. The van der Waals surface area contributed by atoms with E-state index < -0.39 is 10.0 Å². The van der Waals surface area contributed by atoms with Gasteiger partial charge in [-0.25, -0.2) is 13.4 Å². The summed E-state index contributed by atoms with van der Waals surface area (Å²) in [7, 11) is -3.60. The minimum Gasteiger partial charge on any atom is -0.384 e. The predicted octanol–water partition coefficient (Wildman–Crippen LogP) is 3.26. The van der Waals surface area contributed by atoms with E-state index in [1.807, 2.05) is 13.0 Å². The van der Waals surface area contributed by atoms with Crippen molar-refractivity contribution >= 4 is 21.5 Å². The Morgan fingerprint density at radius 3 is 2.32 bits per heavy atom. The van der Waals surface area contributed by atoms with Crippen LogP contribution in [0.5, 0.6) is 0 Å². The van der Waals surface area contributed by atoms with Crippen LogP contribution >= 0.6 is 0 Å². The first-order valence-electron chi connectivity index (χ1n) is 7.16. The van der Waals surface area contributed by atoms with Gasteiger partial charge < -0.3 is 5.32 Å². The highest BCUT2D eigenvalue weighted by Crippen LogP contribution is 2.16. The summed E-state index contributed by atoms with van der Waals surface area (Å²) < 4.78 is 27.0. The molecule has 6 heteroatoms. The third-order valence-electron chi connectivity index (χ3n) is 3.05. The van der Waals surface area contributed by atoms with Crippen LogP contribution in [0.4, 0.5) is 11.5 Å². The molecule has 22 heavy (non-hydrogen) atoms. The average Bonchev–Trinajstić information content (AvgIpc) is 2.46. The van der Waals surface area contributed by atoms with Crippen molar-refractivity contribution in [3.8, 4) is 0 Å². The Hall–Kier alpha value is -2.08. The largest absolute Gasteiger partial charge is 0.384 e. The van der Waals surface area contributed by atoms with Crippen LogP contribution < -0.4 is 10.0 Å². The number of sulfonamides is 1. The van der Waals surface area contributed by atoms with Gasteiger partial charge in [-0.05, 0) is 37.1 Å². The standard InChI is InChI=1S/C16H21N3O2S/c1-12(2)10-17-14-6-9-16(18-11-14)19-22(20,21)15-7-4-13(3)5-8-15/h4-9,11-12,17H,10H2,1-3H3,(H,18,19). The van der Waals surface area contributed by atoms with E-state index in [0.717, 1.165) is 17.8 Å². The molecule has 1 aromatic heterocycles. The lowest BCUT2D eigenvalue weighted by Gasteiger charge is -2.10. The zero-order chi connectivity index (χ0) is 16.2. The van der Waals surface area contributed by atoms with Crippen LogP contribution in [0.25, 0.3) is 0 Å². The molecule has 0 radical (unpaired) electrons. The van der Waals surface area contributed by atoms with Gasteiger partial charge in [-0.1, -0.05) is 31.5 Å². The maximum Gasteiger partial charge on any atom is 0.263 e. The van der Waals surface area contributed by atoms with Crippen molar-refractivity contribution in [2.75, 3.05) is 16.6 Å². The molecule has 118 valence electrons. The van der Waals surface area contributed by atoms with E-state index in [-0.39, 0.29) is 4.90 Å². The molecule has 0 bridgehead atoms. The maximum atomic E-state index is 12.2. The number of benzene rings is 1. The van der Waals surface area contributed by atoms with Crippen LogP contribution in [0.3, 0.4) is 0 Å². The van der Waals surface area contributed by atoms with Gasteiger partial charge in [-0.3, -0.25) is 4.72 Å². The van der Waals surface area contributed by atoms with E-state index in [4.69, 9.17) is 0 Å². The second-order valence-corrected chi connectivity index (χ2v) is 7.31. The smallest absolute Gasteiger partial charge is 0.263 e. The first kappa shape index (κ1) is 16.3. The molecule has 1 heterocycles. The molecule has 1 aromatic carbocycles. The molecule has 2 N–H and O–H groups in total. The van der Waals surface area contributed by atoms with Crippen LogP contribution in [0.1, 0.15) is 19.4 Å². The Bertz CT molecular complexity index is 708. The summed E-state index contributed by atoms with van der Waals surface area (Å²) in [6, 6.07) is 10.1. The molecular formula is C16H21N3O2S. The highest BCUT2D eigenvalue weighted by molar-refractivity contribution is 7.92. The quantitative estimate of drug-likeness (QED) is 0.857.